The third kappa shape index (κ3) is 4.64. The van der Waals surface area contributed by atoms with Crippen molar-refractivity contribution in [1.29, 1.82) is 0 Å². The second kappa shape index (κ2) is 9.79. The average molecular weight is 459 g/mol. The number of rotatable bonds is 7. The Morgan fingerprint density at radius 1 is 0.971 bits per heavy atom. The van der Waals surface area contributed by atoms with Gasteiger partial charge in [-0.2, -0.15) is 0 Å². The fourth-order valence-corrected chi connectivity index (χ4v) is 4.28. The number of para-hydroxylation sites is 1. The normalized spacial score (nSPS) is 21.6. The predicted octanol–water partition coefficient (Wildman–Crippen LogP) is 3.89. The van der Waals surface area contributed by atoms with Crippen LogP contribution in [0.3, 0.4) is 0 Å². The first-order valence-corrected chi connectivity index (χ1v) is 11.0. The standard InChI is InChI=1S/C27H25NO6/c1-33-26(32)23-17-19(18-9-4-2-5-10-18)15-16-27(23,34-20-11-6-3-7-12-20)28-24(29)21-13-8-14-22(21)25(30)31/h2-7,9-12,15-17,23H,8,13-14H2,1H3,(H,28,29)(H,30,31). The molecule has 0 spiro atoms. The molecule has 0 heterocycles. The minimum atomic E-state index is -1.62. The van der Waals surface area contributed by atoms with Gasteiger partial charge in [-0.3, -0.25) is 9.59 Å². The number of ether oxygens (including phenoxy) is 2. The number of carbonyl (C=O) groups excluding carboxylic acids is 2. The summed E-state index contributed by atoms with van der Waals surface area (Å²) in [5.41, 5.74) is 0.312. The van der Waals surface area contributed by atoms with Crippen molar-refractivity contribution in [3.63, 3.8) is 0 Å². The first kappa shape index (κ1) is 23.0. The monoisotopic (exact) mass is 459 g/mol. The number of benzene rings is 2. The number of methoxy groups -OCH3 is 1. The molecule has 0 fully saturated rings. The number of hydrogen-bond acceptors (Lipinski definition) is 5. The Morgan fingerprint density at radius 3 is 2.26 bits per heavy atom. The van der Waals surface area contributed by atoms with Crippen molar-refractivity contribution in [2.24, 2.45) is 5.92 Å². The van der Waals surface area contributed by atoms with Crippen molar-refractivity contribution >= 4 is 23.4 Å². The van der Waals surface area contributed by atoms with E-state index in [0.29, 0.717) is 25.0 Å². The van der Waals surface area contributed by atoms with Crippen molar-refractivity contribution in [2.45, 2.75) is 25.0 Å². The van der Waals surface area contributed by atoms with Crippen LogP contribution in [0.4, 0.5) is 0 Å². The summed E-state index contributed by atoms with van der Waals surface area (Å²) < 4.78 is 11.3. The fourth-order valence-electron chi connectivity index (χ4n) is 4.28. The highest BCUT2D eigenvalue weighted by Crippen LogP contribution is 2.36. The third-order valence-electron chi connectivity index (χ3n) is 5.97. The van der Waals surface area contributed by atoms with Gasteiger partial charge in [0.25, 0.3) is 5.91 Å². The van der Waals surface area contributed by atoms with Crippen LogP contribution >= 0.6 is 0 Å². The summed E-state index contributed by atoms with van der Waals surface area (Å²) in [6, 6.07) is 18.3. The SMILES string of the molecule is COC(=O)C1C=C(c2ccccc2)C=CC1(NC(=O)C1=C(C(=O)O)CCC1)Oc1ccccc1. The number of nitrogens with one attached hydrogen (secondary N) is 1. The molecule has 2 aliphatic rings. The zero-order chi connectivity index (χ0) is 24.1. The van der Waals surface area contributed by atoms with Crippen LogP contribution in [0.2, 0.25) is 0 Å². The molecule has 2 aromatic carbocycles. The van der Waals surface area contributed by atoms with Gasteiger partial charge in [0.05, 0.1) is 7.11 Å². The highest BCUT2D eigenvalue weighted by atomic mass is 16.5. The molecule has 7 nitrogen and oxygen atoms in total. The Bertz CT molecular complexity index is 1180. The number of carboxylic acid groups (broad SMARTS) is 1. The molecule has 4 rings (SSSR count). The molecule has 0 aliphatic heterocycles. The Balaban J connectivity index is 1.78. The molecule has 7 heteroatoms. The van der Waals surface area contributed by atoms with E-state index >= 15 is 0 Å². The fraction of sp³-hybridized carbons (Fsp3) is 0.222. The van der Waals surface area contributed by atoms with E-state index in [1.807, 2.05) is 36.4 Å². The Kier molecular flexibility index (Phi) is 6.63. The number of allylic oxidation sites excluding steroid dienone is 2. The van der Waals surface area contributed by atoms with Crippen LogP contribution in [0.5, 0.6) is 5.75 Å². The number of hydrogen-bond donors (Lipinski definition) is 2. The molecule has 34 heavy (non-hydrogen) atoms. The van der Waals surface area contributed by atoms with Gasteiger partial charge in [0.15, 0.2) is 0 Å². The van der Waals surface area contributed by atoms with E-state index in [1.54, 1.807) is 42.5 Å². The number of aliphatic carboxylic acids is 1. The van der Waals surface area contributed by atoms with Gasteiger partial charge < -0.3 is 19.9 Å². The summed E-state index contributed by atoms with van der Waals surface area (Å²) >= 11 is 0. The summed E-state index contributed by atoms with van der Waals surface area (Å²) in [6.45, 7) is 0. The smallest absolute Gasteiger partial charge is 0.332 e. The van der Waals surface area contributed by atoms with Crippen molar-refractivity contribution in [2.75, 3.05) is 7.11 Å². The van der Waals surface area contributed by atoms with Crippen LogP contribution in [0.15, 0.2) is 90.0 Å². The zero-order valence-electron chi connectivity index (χ0n) is 18.7. The molecule has 1 amide bonds. The van der Waals surface area contributed by atoms with Crippen molar-refractivity contribution in [3.05, 3.63) is 95.6 Å². The zero-order valence-corrected chi connectivity index (χ0v) is 18.7. The maximum atomic E-state index is 13.3. The van der Waals surface area contributed by atoms with Crippen molar-refractivity contribution < 1.29 is 29.0 Å². The highest BCUT2D eigenvalue weighted by Gasteiger charge is 2.47. The molecule has 2 N–H and O–H groups in total. The Morgan fingerprint density at radius 2 is 1.62 bits per heavy atom. The van der Waals surface area contributed by atoms with E-state index in [9.17, 15) is 19.5 Å². The van der Waals surface area contributed by atoms with Gasteiger partial charge in [-0.15, -0.1) is 0 Å². The maximum Gasteiger partial charge on any atom is 0.332 e. The predicted molar refractivity (Wildman–Crippen MR) is 126 cm³/mol. The van der Waals surface area contributed by atoms with Gasteiger partial charge in [0.1, 0.15) is 11.7 Å². The van der Waals surface area contributed by atoms with Gasteiger partial charge in [-0.1, -0.05) is 60.7 Å². The van der Waals surface area contributed by atoms with Crippen molar-refractivity contribution in [1.82, 2.24) is 5.32 Å². The second-order valence-electron chi connectivity index (χ2n) is 8.10. The van der Waals surface area contributed by atoms with E-state index < -0.39 is 29.5 Å². The third-order valence-corrected chi connectivity index (χ3v) is 5.97. The van der Waals surface area contributed by atoms with E-state index in [1.165, 1.54) is 7.11 Å². The molecule has 2 aliphatic carbocycles. The minimum absolute atomic E-state index is 0.0854. The van der Waals surface area contributed by atoms with Crippen LogP contribution in [0.1, 0.15) is 24.8 Å². The van der Waals surface area contributed by atoms with Gasteiger partial charge in [-0.05, 0) is 48.6 Å². The summed E-state index contributed by atoms with van der Waals surface area (Å²) in [5.74, 6) is -2.90. The van der Waals surface area contributed by atoms with Crippen LogP contribution in [-0.2, 0) is 19.1 Å². The molecule has 0 bridgehead atoms. The second-order valence-corrected chi connectivity index (χ2v) is 8.10. The lowest BCUT2D eigenvalue weighted by Gasteiger charge is -2.39. The summed E-state index contributed by atoms with van der Waals surface area (Å²) in [5, 5.41) is 12.3. The molecule has 2 aromatic rings. The van der Waals surface area contributed by atoms with Gasteiger partial charge in [0, 0.05) is 11.1 Å². The van der Waals surface area contributed by atoms with E-state index in [2.05, 4.69) is 5.32 Å². The molecule has 0 radical (unpaired) electrons. The van der Waals surface area contributed by atoms with Gasteiger partial charge >= 0.3 is 11.9 Å². The maximum absolute atomic E-state index is 13.3. The number of amides is 1. The lowest BCUT2D eigenvalue weighted by molar-refractivity contribution is -0.151. The molecule has 2 unspecified atom stereocenters. The average Bonchev–Trinajstić information content (AvgIpc) is 3.36. The molecular formula is C27H25NO6. The lowest BCUT2D eigenvalue weighted by atomic mass is 9.85. The minimum Gasteiger partial charge on any atom is -0.478 e. The van der Waals surface area contributed by atoms with Gasteiger partial charge in [-0.25, -0.2) is 4.79 Å². The number of esters is 1. The van der Waals surface area contributed by atoms with Crippen LogP contribution in [0, 0.1) is 5.92 Å². The largest absolute Gasteiger partial charge is 0.478 e. The molecule has 0 saturated carbocycles. The van der Waals surface area contributed by atoms with Gasteiger partial charge in [0.2, 0.25) is 5.72 Å². The van der Waals surface area contributed by atoms with E-state index in [4.69, 9.17) is 9.47 Å². The number of carbonyl (C=O) groups is 3. The van der Waals surface area contributed by atoms with Crippen LogP contribution in [-0.4, -0.2) is 35.8 Å². The van der Waals surface area contributed by atoms with Crippen LogP contribution in [0.25, 0.3) is 5.57 Å². The Labute approximate surface area is 197 Å². The van der Waals surface area contributed by atoms with E-state index in [0.717, 1.165) is 11.1 Å². The van der Waals surface area contributed by atoms with E-state index in [-0.39, 0.29) is 11.1 Å². The molecule has 2 atom stereocenters. The number of carboxylic acids is 1. The summed E-state index contributed by atoms with van der Waals surface area (Å²) in [4.78, 5) is 37.9. The molecule has 0 saturated heterocycles. The van der Waals surface area contributed by atoms with Crippen molar-refractivity contribution in [3.8, 4) is 5.75 Å². The lowest BCUT2D eigenvalue weighted by Crippen LogP contribution is -2.59. The topological polar surface area (TPSA) is 102 Å². The molecule has 0 aromatic heterocycles. The summed E-state index contributed by atoms with van der Waals surface area (Å²) in [6.07, 6.45) is 6.33. The highest BCUT2D eigenvalue weighted by molar-refractivity contribution is 6.03. The Hall–Kier alpha value is -4.13. The first-order chi connectivity index (χ1) is 16.4. The quantitative estimate of drug-likeness (QED) is 0.481. The van der Waals surface area contributed by atoms with Crippen LogP contribution < -0.4 is 10.1 Å². The first-order valence-electron chi connectivity index (χ1n) is 11.0. The summed E-state index contributed by atoms with van der Waals surface area (Å²) in [7, 11) is 1.27. The molecular weight excluding hydrogens is 434 g/mol. The molecule has 174 valence electrons.